The second-order valence-corrected chi connectivity index (χ2v) is 6.77. The zero-order chi connectivity index (χ0) is 17.9. The second kappa shape index (κ2) is 7.50. The van der Waals surface area contributed by atoms with Gasteiger partial charge in [0.05, 0.1) is 18.9 Å². The van der Waals surface area contributed by atoms with Crippen molar-refractivity contribution < 1.29 is 18.9 Å². The van der Waals surface area contributed by atoms with Gasteiger partial charge in [-0.05, 0) is 44.7 Å². The molecule has 1 aromatic carbocycles. The number of hydrogen-bond acceptors (Lipinski definition) is 6. The molecule has 26 heavy (non-hydrogen) atoms. The van der Waals surface area contributed by atoms with Gasteiger partial charge in [-0.25, -0.2) is 4.98 Å². The molecule has 1 saturated heterocycles. The van der Waals surface area contributed by atoms with Gasteiger partial charge in [0, 0.05) is 12.5 Å². The van der Waals surface area contributed by atoms with E-state index in [9.17, 15) is 0 Å². The summed E-state index contributed by atoms with van der Waals surface area (Å²) in [5.41, 5.74) is 0.773. The number of hydrogen-bond donors (Lipinski definition) is 0. The zero-order valence-electron chi connectivity index (χ0n) is 15.2. The molecule has 1 aliphatic carbocycles. The molecule has 1 aromatic heterocycles. The first-order chi connectivity index (χ1) is 12.7. The van der Waals surface area contributed by atoms with Crippen LogP contribution in [-0.2, 0) is 4.74 Å². The third kappa shape index (κ3) is 3.75. The molecule has 6 heteroatoms. The molecule has 2 fully saturated rings. The van der Waals surface area contributed by atoms with E-state index >= 15 is 0 Å². The Bertz CT molecular complexity index is 770. The highest BCUT2D eigenvalue weighted by Gasteiger charge is 2.29. The van der Waals surface area contributed by atoms with Crippen molar-refractivity contribution in [2.75, 3.05) is 20.3 Å². The lowest BCUT2D eigenvalue weighted by Gasteiger charge is -2.17. The monoisotopic (exact) mass is 356 g/mol. The van der Waals surface area contributed by atoms with Gasteiger partial charge in [-0.15, -0.1) is 0 Å². The van der Waals surface area contributed by atoms with Crippen molar-refractivity contribution in [3.05, 3.63) is 35.8 Å². The van der Waals surface area contributed by atoms with Crippen LogP contribution in [0.15, 0.2) is 24.3 Å². The van der Waals surface area contributed by atoms with E-state index in [0.29, 0.717) is 35.7 Å². The topological polar surface area (TPSA) is 62.7 Å². The highest BCUT2D eigenvalue weighted by Crippen LogP contribution is 2.42. The highest BCUT2D eigenvalue weighted by molar-refractivity contribution is 5.47. The van der Waals surface area contributed by atoms with Crippen molar-refractivity contribution >= 4 is 0 Å². The predicted octanol–water partition coefficient (Wildman–Crippen LogP) is 4.02. The summed E-state index contributed by atoms with van der Waals surface area (Å²) in [6.07, 6.45) is 4.49. The molecule has 1 saturated carbocycles. The van der Waals surface area contributed by atoms with Crippen molar-refractivity contribution in [2.45, 2.75) is 44.6 Å². The first-order valence-corrected chi connectivity index (χ1v) is 9.18. The van der Waals surface area contributed by atoms with Crippen LogP contribution in [0.1, 0.15) is 43.1 Å². The Balaban J connectivity index is 1.62. The highest BCUT2D eigenvalue weighted by atomic mass is 16.6. The molecular weight excluding hydrogens is 332 g/mol. The van der Waals surface area contributed by atoms with Crippen molar-refractivity contribution in [3.63, 3.8) is 0 Å². The van der Waals surface area contributed by atoms with Crippen LogP contribution in [0.3, 0.4) is 0 Å². The van der Waals surface area contributed by atoms with E-state index in [1.54, 1.807) is 7.11 Å². The molecule has 1 atom stereocenters. The molecule has 2 heterocycles. The third-order valence-electron chi connectivity index (χ3n) is 4.67. The third-order valence-corrected chi connectivity index (χ3v) is 4.67. The standard InChI is InChI=1S/C20H24N2O4/c1-13-18(26-17-8-4-3-7-16(17)23-2)20(22-19(21-13)14-9-10-14)25-12-15-6-5-11-24-15/h3-4,7-8,14-15H,5-6,9-12H2,1-2H3. The number of para-hydroxylation sites is 2. The number of nitrogens with zero attached hydrogens (tertiary/aromatic N) is 2. The summed E-state index contributed by atoms with van der Waals surface area (Å²) in [5.74, 6) is 3.58. The van der Waals surface area contributed by atoms with Gasteiger partial charge in [0.2, 0.25) is 5.75 Å². The van der Waals surface area contributed by atoms with Crippen molar-refractivity contribution in [1.29, 1.82) is 0 Å². The van der Waals surface area contributed by atoms with Crippen LogP contribution < -0.4 is 14.2 Å². The molecule has 0 radical (unpaired) electrons. The van der Waals surface area contributed by atoms with Crippen molar-refractivity contribution in [3.8, 4) is 23.1 Å². The Morgan fingerprint density at radius 3 is 2.62 bits per heavy atom. The summed E-state index contributed by atoms with van der Waals surface area (Å²) < 4.78 is 23.2. The number of benzene rings is 1. The van der Waals surface area contributed by atoms with Gasteiger partial charge in [0.15, 0.2) is 11.5 Å². The number of ether oxygens (including phenoxy) is 4. The Morgan fingerprint density at radius 2 is 1.92 bits per heavy atom. The Hall–Kier alpha value is -2.34. The lowest BCUT2D eigenvalue weighted by Crippen LogP contribution is -2.17. The van der Waals surface area contributed by atoms with Crippen molar-refractivity contribution in [1.82, 2.24) is 9.97 Å². The van der Waals surface area contributed by atoms with Crippen LogP contribution >= 0.6 is 0 Å². The summed E-state index contributed by atoms with van der Waals surface area (Å²) in [4.78, 5) is 9.29. The molecule has 2 aliphatic rings. The number of aryl methyl sites for hydroxylation is 1. The summed E-state index contributed by atoms with van der Waals surface area (Å²) in [6, 6.07) is 7.52. The average molecular weight is 356 g/mol. The van der Waals surface area contributed by atoms with Gasteiger partial charge in [0.25, 0.3) is 5.88 Å². The molecular formula is C20H24N2O4. The van der Waals surface area contributed by atoms with E-state index in [-0.39, 0.29) is 6.10 Å². The quantitative estimate of drug-likeness (QED) is 0.747. The molecule has 0 N–H and O–H groups in total. The van der Waals surface area contributed by atoms with E-state index in [4.69, 9.17) is 18.9 Å². The number of rotatable bonds is 7. The zero-order valence-corrected chi connectivity index (χ0v) is 15.2. The Morgan fingerprint density at radius 1 is 1.12 bits per heavy atom. The lowest BCUT2D eigenvalue weighted by molar-refractivity contribution is 0.0652. The van der Waals surface area contributed by atoms with Crippen molar-refractivity contribution in [2.24, 2.45) is 0 Å². The predicted molar refractivity (Wildman–Crippen MR) is 96.3 cm³/mol. The second-order valence-electron chi connectivity index (χ2n) is 6.77. The first kappa shape index (κ1) is 17.1. The van der Waals surface area contributed by atoms with E-state index < -0.39 is 0 Å². The molecule has 0 spiro atoms. The van der Waals surface area contributed by atoms with E-state index in [2.05, 4.69) is 9.97 Å². The minimum absolute atomic E-state index is 0.119. The summed E-state index contributed by atoms with van der Waals surface area (Å²) >= 11 is 0. The maximum atomic E-state index is 6.12. The van der Waals surface area contributed by atoms with Crippen LogP contribution in [0, 0.1) is 6.92 Å². The van der Waals surface area contributed by atoms with Gasteiger partial charge in [0.1, 0.15) is 12.4 Å². The fourth-order valence-electron chi connectivity index (χ4n) is 3.06. The van der Waals surface area contributed by atoms with Gasteiger partial charge in [-0.2, -0.15) is 4.98 Å². The van der Waals surface area contributed by atoms with Gasteiger partial charge in [-0.3, -0.25) is 0 Å². The van der Waals surface area contributed by atoms with Crippen LogP contribution in [0.5, 0.6) is 23.1 Å². The SMILES string of the molecule is COc1ccccc1Oc1c(C)nc(C2CC2)nc1OCC1CCCO1. The molecule has 1 aliphatic heterocycles. The van der Waals surface area contributed by atoms with Crippen LogP contribution in [0.25, 0.3) is 0 Å². The summed E-state index contributed by atoms with van der Waals surface area (Å²) in [5, 5.41) is 0. The summed E-state index contributed by atoms with van der Waals surface area (Å²) in [6.45, 7) is 3.20. The number of methoxy groups -OCH3 is 1. The maximum Gasteiger partial charge on any atom is 0.261 e. The molecule has 6 nitrogen and oxygen atoms in total. The molecule has 0 bridgehead atoms. The van der Waals surface area contributed by atoms with Crippen LogP contribution in [-0.4, -0.2) is 36.4 Å². The number of aromatic nitrogens is 2. The van der Waals surface area contributed by atoms with Gasteiger partial charge in [-0.1, -0.05) is 12.1 Å². The Kier molecular flexibility index (Phi) is 4.93. The Labute approximate surface area is 153 Å². The van der Waals surface area contributed by atoms with E-state index in [1.165, 1.54) is 0 Å². The molecule has 4 rings (SSSR count). The van der Waals surface area contributed by atoms with Crippen LogP contribution in [0.2, 0.25) is 0 Å². The largest absolute Gasteiger partial charge is 0.493 e. The smallest absolute Gasteiger partial charge is 0.261 e. The lowest BCUT2D eigenvalue weighted by atomic mass is 10.2. The minimum atomic E-state index is 0.119. The summed E-state index contributed by atoms with van der Waals surface area (Å²) in [7, 11) is 1.62. The van der Waals surface area contributed by atoms with E-state index in [1.807, 2.05) is 31.2 Å². The van der Waals surface area contributed by atoms with Crippen LogP contribution in [0.4, 0.5) is 0 Å². The van der Waals surface area contributed by atoms with Gasteiger partial charge < -0.3 is 18.9 Å². The fraction of sp³-hybridized carbons (Fsp3) is 0.500. The fourth-order valence-corrected chi connectivity index (χ4v) is 3.06. The van der Waals surface area contributed by atoms with E-state index in [0.717, 1.165) is 43.8 Å². The molecule has 1 unspecified atom stereocenters. The minimum Gasteiger partial charge on any atom is -0.493 e. The maximum absolute atomic E-state index is 6.12. The molecule has 138 valence electrons. The average Bonchev–Trinajstić information content (AvgIpc) is 3.38. The normalized spacial score (nSPS) is 19.4. The molecule has 2 aromatic rings. The van der Waals surface area contributed by atoms with Gasteiger partial charge >= 0.3 is 0 Å². The first-order valence-electron chi connectivity index (χ1n) is 9.18. The molecule has 0 amide bonds.